The summed E-state index contributed by atoms with van der Waals surface area (Å²) < 4.78 is 13.2. The highest BCUT2D eigenvalue weighted by Gasteiger charge is 2.15. The average molecular weight is 287 g/mol. The Kier molecular flexibility index (Phi) is 5.36. The quantitative estimate of drug-likeness (QED) is 0.775. The first-order valence-electron chi connectivity index (χ1n) is 3.61. The van der Waals surface area contributed by atoms with Crippen molar-refractivity contribution in [3.63, 3.8) is 0 Å². The van der Waals surface area contributed by atoms with Gasteiger partial charge in [0.1, 0.15) is 0 Å². The van der Waals surface area contributed by atoms with Gasteiger partial charge < -0.3 is 15.9 Å². The van der Waals surface area contributed by atoms with Crippen molar-refractivity contribution in [3.05, 3.63) is 28.0 Å². The largest absolute Gasteiger partial charge is 0.505 e. The molecule has 0 fully saturated rings. The molecule has 0 aliphatic rings. The third kappa shape index (κ3) is 2.57. The van der Waals surface area contributed by atoms with Gasteiger partial charge in [0.25, 0.3) is 0 Å². The molecule has 0 saturated carbocycles. The fraction of sp³-hybridized carbons (Fsp3) is 0.250. The van der Waals surface area contributed by atoms with E-state index in [0.717, 1.165) is 0 Å². The Balaban J connectivity index is 0.00000169. The van der Waals surface area contributed by atoms with E-state index in [1.807, 2.05) is 0 Å². The molecule has 1 atom stereocenters. The first-order valence-corrected chi connectivity index (χ1v) is 4.40. The highest BCUT2D eigenvalue weighted by molar-refractivity contribution is 9.10. The first-order chi connectivity index (χ1) is 6.07. The summed E-state index contributed by atoms with van der Waals surface area (Å²) in [6.07, 6.45) is 0. The van der Waals surface area contributed by atoms with Crippen molar-refractivity contribution in [3.8, 4) is 5.75 Å². The zero-order chi connectivity index (χ0) is 10.0. The van der Waals surface area contributed by atoms with Crippen LogP contribution in [-0.4, -0.2) is 16.8 Å². The number of halogens is 3. The molecule has 0 radical (unpaired) electrons. The Morgan fingerprint density at radius 3 is 2.57 bits per heavy atom. The molecule has 1 aromatic carbocycles. The number of phenols is 1. The second kappa shape index (κ2) is 5.50. The fourth-order valence-electron chi connectivity index (χ4n) is 0.952. The van der Waals surface area contributed by atoms with Crippen LogP contribution in [0.3, 0.4) is 0 Å². The summed E-state index contributed by atoms with van der Waals surface area (Å²) in [6, 6.07) is 2.13. The summed E-state index contributed by atoms with van der Waals surface area (Å²) in [5, 5.41) is 18.0. The molecule has 1 aromatic rings. The normalized spacial score (nSPS) is 12.0. The minimum Gasteiger partial charge on any atom is -0.505 e. The minimum atomic E-state index is -0.763. The Morgan fingerprint density at radius 2 is 2.07 bits per heavy atom. The molecule has 0 bridgehead atoms. The fourth-order valence-corrected chi connectivity index (χ4v) is 1.27. The molecule has 6 heteroatoms. The van der Waals surface area contributed by atoms with Crippen LogP contribution in [0, 0.1) is 5.82 Å². The molecule has 0 unspecified atom stereocenters. The van der Waals surface area contributed by atoms with E-state index in [1.54, 1.807) is 0 Å². The average Bonchev–Trinajstić information content (AvgIpc) is 2.13. The summed E-state index contributed by atoms with van der Waals surface area (Å²) in [4.78, 5) is 0. The van der Waals surface area contributed by atoms with Crippen molar-refractivity contribution < 1.29 is 14.6 Å². The Hall–Kier alpha value is -0.360. The number of nitrogens with two attached hydrogens (primary N) is 1. The number of benzene rings is 1. The van der Waals surface area contributed by atoms with Gasteiger partial charge in [-0.3, -0.25) is 0 Å². The van der Waals surface area contributed by atoms with Crippen molar-refractivity contribution in [2.24, 2.45) is 5.73 Å². The molecule has 3 nitrogen and oxygen atoms in total. The first kappa shape index (κ1) is 13.6. The predicted octanol–water partition coefficient (Wildman–Crippen LogP) is 1.71. The lowest BCUT2D eigenvalue weighted by Gasteiger charge is -2.11. The number of aliphatic hydroxyl groups is 1. The van der Waals surface area contributed by atoms with E-state index >= 15 is 0 Å². The van der Waals surface area contributed by atoms with Gasteiger partial charge in [0, 0.05) is 5.56 Å². The number of phenolic OH excluding ortho intramolecular Hbond substituents is 1. The second-order valence-electron chi connectivity index (χ2n) is 2.59. The van der Waals surface area contributed by atoms with Crippen LogP contribution in [0.4, 0.5) is 4.39 Å². The van der Waals surface area contributed by atoms with Gasteiger partial charge in [-0.25, -0.2) is 4.39 Å². The summed E-state index contributed by atoms with van der Waals surface area (Å²) in [5.74, 6) is -1.28. The molecule has 14 heavy (non-hydrogen) atoms. The third-order valence-corrected chi connectivity index (χ3v) is 2.31. The van der Waals surface area contributed by atoms with E-state index in [0.29, 0.717) is 0 Å². The molecule has 0 aromatic heterocycles. The Labute approximate surface area is 95.3 Å². The maximum atomic E-state index is 13.1. The third-order valence-electron chi connectivity index (χ3n) is 1.70. The zero-order valence-corrected chi connectivity index (χ0v) is 9.48. The molecular weight excluding hydrogens is 276 g/mol. The van der Waals surface area contributed by atoms with Crippen molar-refractivity contribution in [1.29, 1.82) is 0 Å². The molecule has 0 saturated heterocycles. The summed E-state index contributed by atoms with van der Waals surface area (Å²) in [6.45, 7) is -0.339. The van der Waals surface area contributed by atoms with Crippen molar-refractivity contribution in [2.75, 3.05) is 6.61 Å². The van der Waals surface area contributed by atoms with Crippen LogP contribution in [0.1, 0.15) is 11.6 Å². The van der Waals surface area contributed by atoms with E-state index in [4.69, 9.17) is 10.8 Å². The topological polar surface area (TPSA) is 66.5 Å². The maximum Gasteiger partial charge on any atom is 0.179 e. The van der Waals surface area contributed by atoms with Gasteiger partial charge in [0.05, 0.1) is 17.1 Å². The van der Waals surface area contributed by atoms with E-state index in [2.05, 4.69) is 15.9 Å². The standard InChI is InChI=1S/C8H9BrFNO2.ClH/c9-5-2-1-4(6(11)3-12)8(13)7(5)10;/h1-2,6,12-13H,3,11H2;1H/t6-;/m0./s1. The van der Waals surface area contributed by atoms with Crippen LogP contribution in [0.15, 0.2) is 16.6 Å². The lowest BCUT2D eigenvalue weighted by Crippen LogP contribution is -2.14. The highest BCUT2D eigenvalue weighted by atomic mass is 79.9. The number of aromatic hydroxyl groups is 1. The summed E-state index contributed by atoms with van der Waals surface area (Å²) in [5.41, 5.74) is 5.62. The van der Waals surface area contributed by atoms with Crippen molar-refractivity contribution >= 4 is 28.3 Å². The molecule has 1 rings (SSSR count). The van der Waals surface area contributed by atoms with E-state index in [9.17, 15) is 9.50 Å². The maximum absolute atomic E-state index is 13.1. The lowest BCUT2D eigenvalue weighted by atomic mass is 10.1. The van der Waals surface area contributed by atoms with Gasteiger partial charge in [-0.15, -0.1) is 12.4 Å². The molecule has 0 aliphatic heterocycles. The van der Waals surface area contributed by atoms with Gasteiger partial charge in [0.2, 0.25) is 0 Å². The van der Waals surface area contributed by atoms with Gasteiger partial charge in [-0.1, -0.05) is 6.07 Å². The van der Waals surface area contributed by atoms with Crippen LogP contribution in [-0.2, 0) is 0 Å². The summed E-state index contributed by atoms with van der Waals surface area (Å²) >= 11 is 2.91. The Bertz CT molecular complexity index is 324. The van der Waals surface area contributed by atoms with Crippen LogP contribution in [0.5, 0.6) is 5.75 Å². The number of rotatable bonds is 2. The SMILES string of the molecule is Cl.N[C@@H](CO)c1ccc(Br)c(F)c1O. The summed E-state index contributed by atoms with van der Waals surface area (Å²) in [7, 11) is 0. The van der Waals surface area contributed by atoms with E-state index in [-0.39, 0.29) is 29.1 Å². The van der Waals surface area contributed by atoms with Crippen molar-refractivity contribution in [2.45, 2.75) is 6.04 Å². The lowest BCUT2D eigenvalue weighted by molar-refractivity contribution is 0.264. The van der Waals surface area contributed by atoms with Gasteiger partial charge in [0.15, 0.2) is 11.6 Å². The molecule has 0 spiro atoms. The minimum absolute atomic E-state index is 0. The van der Waals surface area contributed by atoms with Gasteiger partial charge >= 0.3 is 0 Å². The smallest absolute Gasteiger partial charge is 0.179 e. The second-order valence-corrected chi connectivity index (χ2v) is 3.44. The molecule has 4 N–H and O–H groups in total. The van der Waals surface area contributed by atoms with Gasteiger partial charge in [-0.05, 0) is 22.0 Å². The monoisotopic (exact) mass is 285 g/mol. The van der Waals surface area contributed by atoms with E-state index in [1.165, 1.54) is 12.1 Å². The number of aliphatic hydroxyl groups excluding tert-OH is 1. The van der Waals surface area contributed by atoms with Gasteiger partial charge in [-0.2, -0.15) is 0 Å². The van der Waals surface area contributed by atoms with E-state index < -0.39 is 17.6 Å². The predicted molar refractivity (Wildman–Crippen MR) is 57.0 cm³/mol. The van der Waals surface area contributed by atoms with Crippen LogP contribution >= 0.6 is 28.3 Å². The van der Waals surface area contributed by atoms with Crippen molar-refractivity contribution in [1.82, 2.24) is 0 Å². The zero-order valence-electron chi connectivity index (χ0n) is 7.08. The molecule has 80 valence electrons. The molecule has 0 aliphatic carbocycles. The van der Waals surface area contributed by atoms with Crippen LogP contribution < -0.4 is 5.73 Å². The van der Waals surface area contributed by atoms with Crippen LogP contribution in [0.2, 0.25) is 0 Å². The van der Waals surface area contributed by atoms with Crippen LogP contribution in [0.25, 0.3) is 0 Å². The Morgan fingerprint density at radius 1 is 1.50 bits per heavy atom. The molecule has 0 heterocycles. The molecule has 0 amide bonds. The highest BCUT2D eigenvalue weighted by Crippen LogP contribution is 2.30. The number of hydrogen-bond donors (Lipinski definition) is 3. The number of hydrogen-bond acceptors (Lipinski definition) is 3. The molecular formula is C8H10BrClFNO2.